The third-order valence-corrected chi connectivity index (χ3v) is 5.74. The molecule has 2 heterocycles. The van der Waals surface area contributed by atoms with Crippen molar-refractivity contribution in [2.75, 3.05) is 27.9 Å². The number of methoxy groups -OCH3 is 3. The molecule has 0 aliphatic carbocycles. The van der Waals surface area contributed by atoms with Crippen LogP contribution in [0.5, 0.6) is 11.5 Å². The predicted molar refractivity (Wildman–Crippen MR) is 118 cm³/mol. The number of nitrogens with zero attached hydrogens (tertiary/aromatic N) is 5. The number of hydrogen-bond acceptors (Lipinski definition) is 9. The molecular formula is C21H29N5O4S. The van der Waals surface area contributed by atoms with Gasteiger partial charge in [-0.2, -0.15) is 4.98 Å². The van der Waals surface area contributed by atoms with E-state index in [9.17, 15) is 0 Å². The maximum absolute atomic E-state index is 5.45. The highest BCUT2D eigenvalue weighted by Gasteiger charge is 2.22. The maximum atomic E-state index is 5.45. The van der Waals surface area contributed by atoms with Gasteiger partial charge in [-0.3, -0.25) is 0 Å². The summed E-state index contributed by atoms with van der Waals surface area (Å²) in [5.74, 6) is 3.39. The maximum Gasteiger partial charge on any atom is 0.239 e. The second-order valence-corrected chi connectivity index (χ2v) is 8.24. The molecule has 0 aliphatic rings. The second-order valence-electron chi connectivity index (χ2n) is 6.93. The Morgan fingerprint density at radius 2 is 1.94 bits per heavy atom. The SMILES string of the molecule is CCCc1noc([C@H](C)Sc2nnc(-c3ccc(OC)c(OC)c3)n2CCCOC)n1. The van der Waals surface area contributed by atoms with E-state index in [0.29, 0.717) is 30.5 Å². The first-order chi connectivity index (χ1) is 15.1. The summed E-state index contributed by atoms with van der Waals surface area (Å²) in [5.41, 5.74) is 0.894. The first kappa shape index (κ1) is 23.1. The number of rotatable bonds is 12. The summed E-state index contributed by atoms with van der Waals surface area (Å²) >= 11 is 1.54. The van der Waals surface area contributed by atoms with Crippen LogP contribution >= 0.6 is 11.8 Å². The normalized spacial score (nSPS) is 12.2. The summed E-state index contributed by atoms with van der Waals surface area (Å²) in [4.78, 5) is 4.50. The lowest BCUT2D eigenvalue weighted by Crippen LogP contribution is -2.06. The lowest BCUT2D eigenvalue weighted by atomic mass is 10.2. The van der Waals surface area contributed by atoms with E-state index in [-0.39, 0.29) is 5.25 Å². The highest BCUT2D eigenvalue weighted by atomic mass is 32.2. The van der Waals surface area contributed by atoms with E-state index in [2.05, 4.69) is 31.8 Å². The van der Waals surface area contributed by atoms with E-state index in [4.69, 9.17) is 18.7 Å². The van der Waals surface area contributed by atoms with Gasteiger partial charge in [-0.15, -0.1) is 10.2 Å². The third kappa shape index (κ3) is 5.56. The molecule has 0 spiro atoms. The summed E-state index contributed by atoms with van der Waals surface area (Å²) in [5, 5.41) is 13.7. The summed E-state index contributed by atoms with van der Waals surface area (Å²) < 4.78 is 23.6. The molecule has 0 N–H and O–H groups in total. The number of thioether (sulfide) groups is 1. The number of benzene rings is 1. The number of aryl methyl sites for hydroxylation is 1. The zero-order chi connectivity index (χ0) is 22.2. The van der Waals surface area contributed by atoms with Crippen LogP contribution in [0.2, 0.25) is 0 Å². The van der Waals surface area contributed by atoms with E-state index >= 15 is 0 Å². The van der Waals surface area contributed by atoms with Crippen molar-refractivity contribution in [1.29, 1.82) is 0 Å². The molecule has 31 heavy (non-hydrogen) atoms. The third-order valence-electron chi connectivity index (χ3n) is 4.68. The van der Waals surface area contributed by atoms with Gasteiger partial charge in [0.25, 0.3) is 0 Å². The summed E-state index contributed by atoms with van der Waals surface area (Å²) in [6.45, 7) is 5.47. The van der Waals surface area contributed by atoms with Gasteiger partial charge in [-0.1, -0.05) is 23.8 Å². The molecule has 0 aliphatic heterocycles. The van der Waals surface area contributed by atoms with E-state index in [1.165, 1.54) is 0 Å². The van der Waals surface area contributed by atoms with Gasteiger partial charge >= 0.3 is 0 Å². The molecule has 0 bridgehead atoms. The number of hydrogen-bond donors (Lipinski definition) is 0. The minimum absolute atomic E-state index is 0.0539. The standard InChI is InChI=1S/C21H29N5O4S/c1-6-8-18-22-20(30-25-18)14(2)31-21-24-23-19(26(21)11-7-12-27-3)15-9-10-16(28-4)17(13-15)29-5/h9-10,13-14H,6-8,11-12H2,1-5H3/t14-/m0/s1. The van der Waals surface area contributed by atoms with Crippen LogP contribution in [0.4, 0.5) is 0 Å². The van der Waals surface area contributed by atoms with Crippen molar-refractivity contribution >= 4 is 11.8 Å². The van der Waals surface area contributed by atoms with Crippen LogP contribution in [0.15, 0.2) is 27.9 Å². The van der Waals surface area contributed by atoms with Gasteiger partial charge < -0.3 is 23.3 Å². The molecular weight excluding hydrogens is 418 g/mol. The minimum atomic E-state index is -0.0539. The topological polar surface area (TPSA) is 97.3 Å². The van der Waals surface area contributed by atoms with Gasteiger partial charge in [-0.05, 0) is 38.0 Å². The van der Waals surface area contributed by atoms with Gasteiger partial charge in [-0.25, -0.2) is 0 Å². The Balaban J connectivity index is 1.89. The average molecular weight is 448 g/mol. The summed E-state index contributed by atoms with van der Waals surface area (Å²) in [6.07, 6.45) is 2.61. The molecule has 3 aromatic rings. The first-order valence-corrected chi connectivity index (χ1v) is 11.1. The van der Waals surface area contributed by atoms with E-state index in [1.807, 2.05) is 25.1 Å². The molecule has 1 aromatic carbocycles. The van der Waals surface area contributed by atoms with Crippen molar-refractivity contribution in [1.82, 2.24) is 24.9 Å². The Bertz CT molecular complexity index is 975. The van der Waals surface area contributed by atoms with Crippen LogP contribution in [-0.4, -0.2) is 52.8 Å². The van der Waals surface area contributed by atoms with Crippen molar-refractivity contribution in [2.24, 2.45) is 0 Å². The second kappa shape index (κ2) is 11.1. The van der Waals surface area contributed by atoms with Gasteiger partial charge in [0.15, 0.2) is 28.3 Å². The van der Waals surface area contributed by atoms with Crippen molar-refractivity contribution in [3.05, 3.63) is 29.9 Å². The largest absolute Gasteiger partial charge is 0.493 e. The Morgan fingerprint density at radius 1 is 1.13 bits per heavy atom. The van der Waals surface area contributed by atoms with Crippen molar-refractivity contribution in [2.45, 2.75) is 50.1 Å². The molecule has 168 valence electrons. The monoisotopic (exact) mass is 447 g/mol. The highest BCUT2D eigenvalue weighted by molar-refractivity contribution is 7.99. The summed E-state index contributed by atoms with van der Waals surface area (Å²) in [7, 11) is 4.93. The lowest BCUT2D eigenvalue weighted by Gasteiger charge is -2.13. The minimum Gasteiger partial charge on any atom is -0.493 e. The van der Waals surface area contributed by atoms with E-state index in [1.54, 1.807) is 33.1 Å². The van der Waals surface area contributed by atoms with Crippen LogP contribution in [0, 0.1) is 0 Å². The Kier molecular flexibility index (Phi) is 8.30. The fraction of sp³-hybridized carbons (Fsp3) is 0.524. The average Bonchev–Trinajstić information content (AvgIpc) is 3.41. The fourth-order valence-electron chi connectivity index (χ4n) is 3.10. The Hall–Kier alpha value is -2.59. The van der Waals surface area contributed by atoms with Crippen molar-refractivity contribution < 1.29 is 18.7 Å². The van der Waals surface area contributed by atoms with Gasteiger partial charge in [0.05, 0.1) is 19.5 Å². The molecule has 10 heteroatoms. The van der Waals surface area contributed by atoms with Crippen LogP contribution in [0.25, 0.3) is 11.4 Å². The molecule has 0 saturated carbocycles. The van der Waals surface area contributed by atoms with E-state index in [0.717, 1.165) is 41.6 Å². The van der Waals surface area contributed by atoms with E-state index < -0.39 is 0 Å². The molecule has 0 fully saturated rings. The quantitative estimate of drug-likeness (QED) is 0.299. The van der Waals surface area contributed by atoms with Crippen LogP contribution in [0.1, 0.15) is 43.7 Å². The first-order valence-electron chi connectivity index (χ1n) is 10.2. The number of aromatic nitrogens is 5. The van der Waals surface area contributed by atoms with Gasteiger partial charge in [0, 0.05) is 32.2 Å². The summed E-state index contributed by atoms with van der Waals surface area (Å²) in [6, 6.07) is 5.72. The fourth-order valence-corrected chi connectivity index (χ4v) is 4.01. The zero-order valence-electron chi connectivity index (χ0n) is 18.6. The molecule has 0 amide bonds. The lowest BCUT2D eigenvalue weighted by molar-refractivity contribution is 0.189. The molecule has 1 atom stereocenters. The Morgan fingerprint density at radius 3 is 2.65 bits per heavy atom. The van der Waals surface area contributed by atoms with Gasteiger partial charge in [0.1, 0.15) is 0 Å². The molecule has 0 radical (unpaired) electrons. The molecule has 0 saturated heterocycles. The predicted octanol–water partition coefficient (Wildman–Crippen LogP) is 4.19. The zero-order valence-corrected chi connectivity index (χ0v) is 19.4. The smallest absolute Gasteiger partial charge is 0.239 e. The van der Waals surface area contributed by atoms with Crippen LogP contribution in [-0.2, 0) is 17.7 Å². The molecule has 9 nitrogen and oxygen atoms in total. The number of ether oxygens (including phenoxy) is 3. The van der Waals surface area contributed by atoms with Crippen LogP contribution in [0.3, 0.4) is 0 Å². The molecule has 2 aromatic heterocycles. The van der Waals surface area contributed by atoms with Crippen molar-refractivity contribution in [3.63, 3.8) is 0 Å². The molecule has 0 unspecified atom stereocenters. The van der Waals surface area contributed by atoms with Crippen molar-refractivity contribution in [3.8, 4) is 22.9 Å². The molecule has 3 rings (SSSR count). The Labute approximate surface area is 186 Å². The highest BCUT2D eigenvalue weighted by Crippen LogP contribution is 2.36. The van der Waals surface area contributed by atoms with Crippen LogP contribution < -0.4 is 9.47 Å². The van der Waals surface area contributed by atoms with Gasteiger partial charge in [0.2, 0.25) is 5.89 Å².